The predicted octanol–water partition coefficient (Wildman–Crippen LogP) is 10.1. The molecule has 204 valence electrons. The van der Waals surface area contributed by atoms with Crippen LogP contribution in [0.25, 0.3) is 0 Å². The first-order valence-electron chi connectivity index (χ1n) is 15.6. The van der Waals surface area contributed by atoms with E-state index in [9.17, 15) is 4.79 Å². The van der Waals surface area contributed by atoms with E-state index in [0.717, 1.165) is 19.3 Å². The molecule has 0 saturated heterocycles. The summed E-state index contributed by atoms with van der Waals surface area (Å²) in [5, 5.41) is 8.76. The summed E-state index contributed by atoms with van der Waals surface area (Å²) in [6.07, 6.45) is 34.4. The third kappa shape index (κ3) is 29.5. The summed E-state index contributed by atoms with van der Waals surface area (Å²) in [4.78, 5) is 11.8. The average Bonchev–Trinajstić information content (AvgIpc) is 2.84. The van der Waals surface area contributed by atoms with Gasteiger partial charge >= 0.3 is 5.97 Å². The van der Waals surface area contributed by atoms with Crippen molar-refractivity contribution in [3.63, 3.8) is 0 Å². The molecule has 0 bridgehead atoms. The Bertz CT molecular complexity index is 383. The van der Waals surface area contributed by atoms with Gasteiger partial charge in [-0.25, -0.2) is 0 Å². The molecule has 0 atom stereocenters. The fraction of sp³-hybridized carbons (Fsp3) is 0.968. The number of esters is 1. The molecule has 0 rings (SSSR count). The number of aliphatic hydroxyl groups is 1. The van der Waals surface area contributed by atoms with Gasteiger partial charge in [-0.05, 0) is 19.3 Å². The highest BCUT2D eigenvalue weighted by molar-refractivity contribution is 5.69. The number of aliphatic hydroxyl groups excluding tert-OH is 1. The maximum absolute atomic E-state index is 11.8. The molecule has 3 nitrogen and oxygen atoms in total. The summed E-state index contributed by atoms with van der Waals surface area (Å²) < 4.78 is 5.40. The zero-order valence-corrected chi connectivity index (χ0v) is 23.3. The number of hydrogen-bond acceptors (Lipinski definition) is 3. The third-order valence-corrected chi connectivity index (χ3v) is 7.05. The van der Waals surface area contributed by atoms with E-state index in [-0.39, 0.29) is 5.97 Å². The predicted molar refractivity (Wildman–Crippen MR) is 148 cm³/mol. The molecule has 1 N–H and O–H groups in total. The maximum Gasteiger partial charge on any atom is 0.305 e. The molecule has 0 saturated carbocycles. The Morgan fingerprint density at radius 3 is 1.18 bits per heavy atom. The zero-order chi connectivity index (χ0) is 24.8. The first kappa shape index (κ1) is 33.4. The molecule has 0 fully saturated rings. The zero-order valence-electron chi connectivity index (χ0n) is 23.3. The summed E-state index contributed by atoms with van der Waals surface area (Å²) >= 11 is 0. The largest absolute Gasteiger partial charge is 0.466 e. The molecule has 0 aliphatic rings. The molecule has 0 aromatic carbocycles. The van der Waals surface area contributed by atoms with Crippen LogP contribution in [0.1, 0.15) is 180 Å². The summed E-state index contributed by atoms with van der Waals surface area (Å²) in [6, 6.07) is 0. The second-order valence-corrected chi connectivity index (χ2v) is 10.5. The maximum atomic E-state index is 11.8. The number of ether oxygens (including phenoxy) is 1. The molecule has 0 radical (unpaired) electrons. The third-order valence-electron chi connectivity index (χ3n) is 7.05. The van der Waals surface area contributed by atoms with Gasteiger partial charge in [0.1, 0.15) is 0 Å². The van der Waals surface area contributed by atoms with Gasteiger partial charge in [-0.2, -0.15) is 0 Å². The van der Waals surface area contributed by atoms with Crippen LogP contribution in [0.3, 0.4) is 0 Å². The lowest BCUT2D eigenvalue weighted by Gasteiger charge is -2.06. The minimum absolute atomic E-state index is 0.0143. The van der Waals surface area contributed by atoms with E-state index >= 15 is 0 Å². The Balaban J connectivity index is 3.13. The lowest BCUT2D eigenvalue weighted by molar-refractivity contribution is -0.143. The van der Waals surface area contributed by atoms with E-state index in [2.05, 4.69) is 6.92 Å². The van der Waals surface area contributed by atoms with Crippen LogP contribution in [0.15, 0.2) is 0 Å². The van der Waals surface area contributed by atoms with E-state index < -0.39 is 0 Å². The highest BCUT2D eigenvalue weighted by atomic mass is 16.5. The second-order valence-electron chi connectivity index (χ2n) is 10.5. The molecular formula is C31H62O3. The Kier molecular flexibility index (Phi) is 30.0. The van der Waals surface area contributed by atoms with E-state index in [1.165, 1.54) is 148 Å². The van der Waals surface area contributed by atoms with Crippen molar-refractivity contribution in [2.75, 3.05) is 13.2 Å². The van der Waals surface area contributed by atoms with Gasteiger partial charge in [-0.1, -0.05) is 155 Å². The Labute approximate surface area is 214 Å². The fourth-order valence-electron chi connectivity index (χ4n) is 4.70. The van der Waals surface area contributed by atoms with Crippen molar-refractivity contribution in [1.82, 2.24) is 0 Å². The van der Waals surface area contributed by atoms with Crippen LogP contribution in [0.2, 0.25) is 0 Å². The van der Waals surface area contributed by atoms with Crippen LogP contribution in [-0.2, 0) is 9.53 Å². The van der Waals surface area contributed by atoms with E-state index in [1.807, 2.05) is 0 Å². The molecular weight excluding hydrogens is 420 g/mol. The number of carbonyl (C=O) groups is 1. The van der Waals surface area contributed by atoms with Crippen LogP contribution in [-0.4, -0.2) is 24.3 Å². The van der Waals surface area contributed by atoms with Crippen molar-refractivity contribution in [2.45, 2.75) is 180 Å². The standard InChI is InChI=1S/C31H62O3/c1-2-3-4-5-6-7-15-18-21-24-27-30-34-31(33)28-25-22-19-16-13-11-9-8-10-12-14-17-20-23-26-29-32/h32H,2-30H2,1H3. The number of carbonyl (C=O) groups excluding carboxylic acids is 1. The van der Waals surface area contributed by atoms with Crippen molar-refractivity contribution in [1.29, 1.82) is 0 Å². The van der Waals surface area contributed by atoms with Gasteiger partial charge in [0.15, 0.2) is 0 Å². The smallest absolute Gasteiger partial charge is 0.305 e. The van der Waals surface area contributed by atoms with Crippen LogP contribution >= 0.6 is 0 Å². The molecule has 0 aliphatic heterocycles. The van der Waals surface area contributed by atoms with Crippen LogP contribution in [0.5, 0.6) is 0 Å². The highest BCUT2D eigenvalue weighted by Gasteiger charge is 2.02. The van der Waals surface area contributed by atoms with Crippen molar-refractivity contribution in [3.05, 3.63) is 0 Å². The van der Waals surface area contributed by atoms with Gasteiger partial charge in [-0.3, -0.25) is 4.79 Å². The molecule has 0 aromatic heterocycles. The normalized spacial score (nSPS) is 11.2. The number of unbranched alkanes of at least 4 members (excludes halogenated alkanes) is 24. The fourth-order valence-corrected chi connectivity index (χ4v) is 4.70. The van der Waals surface area contributed by atoms with Gasteiger partial charge in [0.2, 0.25) is 0 Å². The van der Waals surface area contributed by atoms with E-state index in [1.54, 1.807) is 0 Å². The Hall–Kier alpha value is -0.570. The van der Waals surface area contributed by atoms with Crippen molar-refractivity contribution in [2.24, 2.45) is 0 Å². The molecule has 0 unspecified atom stereocenters. The summed E-state index contributed by atoms with van der Waals surface area (Å²) in [6.45, 7) is 3.25. The number of hydrogen-bond donors (Lipinski definition) is 1. The highest BCUT2D eigenvalue weighted by Crippen LogP contribution is 2.14. The lowest BCUT2D eigenvalue weighted by atomic mass is 10.0. The first-order valence-corrected chi connectivity index (χ1v) is 15.6. The van der Waals surface area contributed by atoms with Crippen molar-refractivity contribution >= 4 is 5.97 Å². The minimum Gasteiger partial charge on any atom is -0.466 e. The minimum atomic E-state index is 0.0143. The summed E-state index contributed by atoms with van der Waals surface area (Å²) in [5.41, 5.74) is 0. The van der Waals surface area contributed by atoms with Gasteiger partial charge in [0.05, 0.1) is 6.61 Å². The SMILES string of the molecule is CCCCCCCCCCCCCOC(=O)CCCCCCCCCCCCCCCCCO. The summed E-state index contributed by atoms with van der Waals surface area (Å²) in [7, 11) is 0. The molecule has 3 heteroatoms. The van der Waals surface area contributed by atoms with Gasteiger partial charge in [-0.15, -0.1) is 0 Å². The van der Waals surface area contributed by atoms with Crippen LogP contribution in [0.4, 0.5) is 0 Å². The van der Waals surface area contributed by atoms with Crippen LogP contribution < -0.4 is 0 Å². The molecule has 0 aliphatic carbocycles. The van der Waals surface area contributed by atoms with Gasteiger partial charge in [0.25, 0.3) is 0 Å². The topological polar surface area (TPSA) is 46.5 Å². The quantitative estimate of drug-likeness (QED) is 0.0851. The Morgan fingerprint density at radius 1 is 0.471 bits per heavy atom. The lowest BCUT2D eigenvalue weighted by Crippen LogP contribution is -2.05. The molecule has 34 heavy (non-hydrogen) atoms. The van der Waals surface area contributed by atoms with Crippen molar-refractivity contribution < 1.29 is 14.6 Å². The monoisotopic (exact) mass is 482 g/mol. The van der Waals surface area contributed by atoms with E-state index in [4.69, 9.17) is 9.84 Å². The first-order chi connectivity index (χ1) is 16.8. The molecule has 0 heterocycles. The second kappa shape index (κ2) is 30.5. The van der Waals surface area contributed by atoms with Crippen molar-refractivity contribution in [3.8, 4) is 0 Å². The van der Waals surface area contributed by atoms with E-state index in [0.29, 0.717) is 19.6 Å². The average molecular weight is 483 g/mol. The van der Waals surface area contributed by atoms with Gasteiger partial charge < -0.3 is 9.84 Å². The molecule has 0 amide bonds. The van der Waals surface area contributed by atoms with Gasteiger partial charge in [0, 0.05) is 13.0 Å². The Morgan fingerprint density at radius 2 is 0.794 bits per heavy atom. The molecule has 0 spiro atoms. The number of rotatable bonds is 29. The summed E-state index contributed by atoms with van der Waals surface area (Å²) in [5.74, 6) is 0.0143. The van der Waals surface area contributed by atoms with Crippen LogP contribution in [0, 0.1) is 0 Å². The molecule has 0 aromatic rings.